The van der Waals surface area contributed by atoms with E-state index in [1.165, 1.54) is 5.56 Å². The molecule has 3 aromatic rings. The van der Waals surface area contributed by atoms with Gasteiger partial charge in [-0.15, -0.1) is 10.2 Å². The monoisotopic (exact) mass is 430 g/mol. The van der Waals surface area contributed by atoms with Gasteiger partial charge >= 0.3 is 0 Å². The van der Waals surface area contributed by atoms with Crippen LogP contribution >= 0.6 is 27.7 Å². The second-order valence-electron chi connectivity index (χ2n) is 5.47. The summed E-state index contributed by atoms with van der Waals surface area (Å²) in [5, 5.41) is 13.7. The number of hydrogen-bond acceptors (Lipinski definition) is 5. The van der Waals surface area contributed by atoms with Crippen LogP contribution in [0.5, 0.6) is 5.75 Å². The highest BCUT2D eigenvalue weighted by atomic mass is 79.9. The minimum absolute atomic E-state index is 0.616. The minimum atomic E-state index is 0.616. The molecule has 7 heteroatoms. The van der Waals surface area contributed by atoms with Crippen LogP contribution in [0.2, 0.25) is 0 Å². The van der Waals surface area contributed by atoms with Crippen molar-refractivity contribution in [2.45, 2.75) is 24.8 Å². The van der Waals surface area contributed by atoms with E-state index in [1.807, 2.05) is 50.2 Å². The fraction of sp³-hybridized carbons (Fsp3) is 0.211. The highest BCUT2D eigenvalue weighted by Gasteiger charge is 2.09. The van der Waals surface area contributed by atoms with Crippen LogP contribution in [-0.2, 0) is 5.75 Å². The number of thioether (sulfide) groups is 1. The first-order valence-corrected chi connectivity index (χ1v) is 10.0. The van der Waals surface area contributed by atoms with Crippen LogP contribution in [0.15, 0.2) is 63.3 Å². The summed E-state index contributed by atoms with van der Waals surface area (Å²) < 4.78 is 8.47. The number of halogens is 1. The molecule has 0 unspecified atom stereocenters. The van der Waals surface area contributed by atoms with Gasteiger partial charge in [0.15, 0.2) is 5.82 Å². The van der Waals surface area contributed by atoms with Crippen molar-refractivity contribution < 1.29 is 4.74 Å². The lowest BCUT2D eigenvalue weighted by Gasteiger charge is -2.06. The molecule has 0 aliphatic rings. The lowest BCUT2D eigenvalue weighted by Crippen LogP contribution is -1.99. The molecule has 0 N–H and O–H groups in total. The summed E-state index contributed by atoms with van der Waals surface area (Å²) in [6.07, 6.45) is 1.78. The van der Waals surface area contributed by atoms with Gasteiger partial charge in [0.05, 0.1) is 12.8 Å². The fourth-order valence-corrected chi connectivity index (χ4v) is 3.44. The molecule has 0 saturated heterocycles. The summed E-state index contributed by atoms with van der Waals surface area (Å²) in [6, 6.07) is 16.1. The number of rotatable bonds is 7. The lowest BCUT2D eigenvalue weighted by atomic mass is 10.2. The standard InChI is InChI=1S/C19H19BrN4OS/c1-3-25-18-7-5-4-6-16(18)12-21-24-14(2)22-23-19(24)26-13-15-8-10-17(20)11-9-15/h4-12H,3,13H2,1-2H3/b21-12+. The quantitative estimate of drug-likeness (QED) is 0.394. The summed E-state index contributed by atoms with van der Waals surface area (Å²) in [6.45, 7) is 4.47. The minimum Gasteiger partial charge on any atom is -0.493 e. The van der Waals surface area contributed by atoms with E-state index in [0.717, 1.165) is 32.5 Å². The molecule has 0 amide bonds. The third-order valence-electron chi connectivity index (χ3n) is 3.58. The number of aromatic nitrogens is 3. The van der Waals surface area contributed by atoms with E-state index in [0.29, 0.717) is 6.61 Å². The molecule has 5 nitrogen and oxygen atoms in total. The van der Waals surface area contributed by atoms with Crippen molar-refractivity contribution in [3.8, 4) is 5.75 Å². The maximum atomic E-state index is 5.64. The molecule has 0 radical (unpaired) electrons. The Balaban J connectivity index is 1.76. The van der Waals surface area contributed by atoms with Gasteiger partial charge in [-0.2, -0.15) is 9.78 Å². The van der Waals surface area contributed by atoms with Crippen LogP contribution in [-0.4, -0.2) is 27.7 Å². The largest absolute Gasteiger partial charge is 0.493 e. The normalized spacial score (nSPS) is 11.2. The Labute approximate surface area is 165 Å². The average molecular weight is 431 g/mol. The van der Waals surface area contributed by atoms with Crippen molar-refractivity contribution >= 4 is 33.9 Å². The Hall–Kier alpha value is -2.12. The van der Waals surface area contributed by atoms with Gasteiger partial charge in [-0.3, -0.25) is 0 Å². The van der Waals surface area contributed by atoms with E-state index >= 15 is 0 Å². The van der Waals surface area contributed by atoms with Gasteiger partial charge in [-0.05, 0) is 43.7 Å². The predicted octanol–water partition coefficient (Wildman–Crippen LogP) is 4.92. The highest BCUT2D eigenvalue weighted by molar-refractivity contribution is 9.10. The van der Waals surface area contributed by atoms with Gasteiger partial charge in [0.1, 0.15) is 5.75 Å². The van der Waals surface area contributed by atoms with Crippen LogP contribution in [0, 0.1) is 6.92 Å². The average Bonchev–Trinajstić information content (AvgIpc) is 3.00. The zero-order chi connectivity index (χ0) is 18.4. The van der Waals surface area contributed by atoms with Crippen molar-refractivity contribution in [2.24, 2.45) is 5.10 Å². The van der Waals surface area contributed by atoms with Gasteiger partial charge < -0.3 is 4.74 Å². The Bertz CT molecular complexity index is 893. The van der Waals surface area contributed by atoms with Crippen LogP contribution in [0.3, 0.4) is 0 Å². The molecular weight excluding hydrogens is 412 g/mol. The smallest absolute Gasteiger partial charge is 0.212 e. The molecule has 3 rings (SSSR count). The van der Waals surface area contributed by atoms with Gasteiger partial charge in [-0.25, -0.2) is 0 Å². The van der Waals surface area contributed by atoms with Crippen LogP contribution in [0.25, 0.3) is 0 Å². The maximum absolute atomic E-state index is 5.64. The van der Waals surface area contributed by atoms with E-state index in [2.05, 4.69) is 43.4 Å². The van der Waals surface area contributed by atoms with Crippen LogP contribution in [0.4, 0.5) is 0 Å². The van der Waals surface area contributed by atoms with Crippen LogP contribution in [0.1, 0.15) is 23.9 Å². The molecule has 26 heavy (non-hydrogen) atoms. The van der Waals surface area contributed by atoms with Gasteiger partial charge in [0.2, 0.25) is 5.16 Å². The van der Waals surface area contributed by atoms with Gasteiger partial charge in [0.25, 0.3) is 0 Å². The molecule has 1 aromatic heterocycles. The number of benzene rings is 2. The topological polar surface area (TPSA) is 52.3 Å². The fourth-order valence-electron chi connectivity index (χ4n) is 2.28. The molecule has 0 fully saturated rings. The number of ether oxygens (including phenoxy) is 1. The summed E-state index contributed by atoms with van der Waals surface area (Å²) in [7, 11) is 0. The third-order valence-corrected chi connectivity index (χ3v) is 5.10. The zero-order valence-electron chi connectivity index (χ0n) is 14.6. The Morgan fingerprint density at radius 1 is 1.15 bits per heavy atom. The SMILES string of the molecule is CCOc1ccccc1/C=N/n1c(C)nnc1SCc1ccc(Br)cc1. The number of hydrogen-bond donors (Lipinski definition) is 0. The second kappa shape index (κ2) is 9.00. The molecule has 1 heterocycles. The van der Waals surface area contributed by atoms with Gasteiger partial charge in [-0.1, -0.05) is 52.0 Å². The van der Waals surface area contributed by atoms with E-state index in [4.69, 9.17) is 4.74 Å². The Kier molecular flexibility index (Phi) is 6.46. The van der Waals surface area contributed by atoms with Gasteiger partial charge in [0, 0.05) is 15.8 Å². The first-order chi connectivity index (χ1) is 12.7. The van der Waals surface area contributed by atoms with E-state index in [9.17, 15) is 0 Å². The predicted molar refractivity (Wildman–Crippen MR) is 109 cm³/mol. The molecule has 134 valence electrons. The summed E-state index contributed by atoms with van der Waals surface area (Å²) in [4.78, 5) is 0. The Morgan fingerprint density at radius 2 is 1.92 bits per heavy atom. The summed E-state index contributed by atoms with van der Waals surface area (Å²) >= 11 is 5.06. The van der Waals surface area contributed by atoms with Crippen molar-refractivity contribution in [3.05, 3.63) is 70.0 Å². The molecule has 0 aliphatic heterocycles. The summed E-state index contributed by atoms with van der Waals surface area (Å²) in [5.74, 6) is 2.36. The Morgan fingerprint density at radius 3 is 2.69 bits per heavy atom. The van der Waals surface area contributed by atoms with E-state index in [-0.39, 0.29) is 0 Å². The zero-order valence-corrected chi connectivity index (χ0v) is 17.0. The molecule has 2 aromatic carbocycles. The molecule has 0 aliphatic carbocycles. The summed E-state index contributed by atoms with van der Waals surface area (Å²) in [5.41, 5.74) is 2.14. The van der Waals surface area contributed by atoms with Crippen LogP contribution < -0.4 is 4.74 Å². The first-order valence-electron chi connectivity index (χ1n) is 8.23. The molecular formula is C19H19BrN4OS. The highest BCUT2D eigenvalue weighted by Crippen LogP contribution is 2.23. The second-order valence-corrected chi connectivity index (χ2v) is 7.33. The van der Waals surface area contributed by atoms with Crippen molar-refractivity contribution in [3.63, 3.8) is 0 Å². The van der Waals surface area contributed by atoms with Crippen molar-refractivity contribution in [1.82, 2.24) is 14.9 Å². The first kappa shape index (κ1) is 18.7. The van der Waals surface area contributed by atoms with Crippen molar-refractivity contribution in [2.75, 3.05) is 6.61 Å². The number of para-hydroxylation sites is 1. The molecule has 0 atom stereocenters. The molecule has 0 bridgehead atoms. The molecule has 0 saturated carbocycles. The van der Waals surface area contributed by atoms with E-state index < -0.39 is 0 Å². The lowest BCUT2D eigenvalue weighted by molar-refractivity contribution is 0.340. The number of aryl methyl sites for hydroxylation is 1. The number of nitrogens with zero attached hydrogens (tertiary/aromatic N) is 4. The molecule has 0 spiro atoms. The van der Waals surface area contributed by atoms with Crippen molar-refractivity contribution in [1.29, 1.82) is 0 Å². The maximum Gasteiger partial charge on any atom is 0.212 e. The van der Waals surface area contributed by atoms with E-state index in [1.54, 1.807) is 22.7 Å². The third kappa shape index (κ3) is 4.74.